The van der Waals surface area contributed by atoms with Crippen LogP contribution in [-0.2, 0) is 11.2 Å². The highest BCUT2D eigenvalue weighted by Gasteiger charge is 2.23. The van der Waals surface area contributed by atoms with E-state index in [0.29, 0.717) is 27.8 Å². The van der Waals surface area contributed by atoms with Crippen LogP contribution in [0.5, 0.6) is 17.2 Å². The number of hydrogen-bond donors (Lipinski definition) is 1. The molecule has 138 valence electrons. The summed E-state index contributed by atoms with van der Waals surface area (Å²) in [7, 11) is 0. The van der Waals surface area contributed by atoms with Gasteiger partial charge in [-0.2, -0.15) is 0 Å². The molecule has 0 aliphatic heterocycles. The molecule has 0 unspecified atom stereocenters. The smallest absolute Gasteiger partial charge is 0.345 e. The fourth-order valence-corrected chi connectivity index (χ4v) is 2.84. The largest absolute Gasteiger partial charge is 0.478 e. The van der Waals surface area contributed by atoms with E-state index < -0.39 is 12.1 Å². The Kier molecular flexibility index (Phi) is 5.99. The number of halogens is 1. The molecule has 4 nitrogen and oxygen atoms in total. The van der Waals surface area contributed by atoms with E-state index in [9.17, 15) is 9.90 Å². The lowest BCUT2D eigenvalue weighted by molar-refractivity contribution is -0.145. The number of rotatable bonds is 7. The normalized spacial score (nSPS) is 11.6. The van der Waals surface area contributed by atoms with Gasteiger partial charge < -0.3 is 14.6 Å². The molecule has 0 saturated carbocycles. The van der Waals surface area contributed by atoms with Crippen molar-refractivity contribution in [3.05, 3.63) is 88.9 Å². The molecule has 0 fully saturated rings. The van der Waals surface area contributed by atoms with Crippen LogP contribution in [-0.4, -0.2) is 17.2 Å². The quantitative estimate of drug-likeness (QED) is 0.585. The van der Waals surface area contributed by atoms with Crippen LogP contribution in [0, 0.1) is 6.92 Å². The SMILES string of the molecule is Cc1ccccc1O[C@@H](Cc1cc(Cl)ccc1Oc1ccccc1)C(=O)O. The van der Waals surface area contributed by atoms with E-state index in [1.807, 2.05) is 55.5 Å². The Morgan fingerprint density at radius 2 is 1.70 bits per heavy atom. The molecular weight excluding hydrogens is 364 g/mol. The van der Waals surface area contributed by atoms with Gasteiger partial charge in [0.2, 0.25) is 0 Å². The minimum absolute atomic E-state index is 0.117. The lowest BCUT2D eigenvalue weighted by Gasteiger charge is -2.19. The molecule has 0 bridgehead atoms. The van der Waals surface area contributed by atoms with Crippen LogP contribution < -0.4 is 9.47 Å². The van der Waals surface area contributed by atoms with Gasteiger partial charge in [-0.05, 0) is 48.9 Å². The van der Waals surface area contributed by atoms with Crippen molar-refractivity contribution in [2.75, 3.05) is 0 Å². The van der Waals surface area contributed by atoms with Crippen LogP contribution in [0.2, 0.25) is 5.02 Å². The fourth-order valence-electron chi connectivity index (χ4n) is 2.64. The summed E-state index contributed by atoms with van der Waals surface area (Å²) in [6.07, 6.45) is -0.949. The first-order valence-corrected chi connectivity index (χ1v) is 8.87. The minimum Gasteiger partial charge on any atom is -0.478 e. The average Bonchev–Trinajstić information content (AvgIpc) is 2.66. The van der Waals surface area contributed by atoms with Crippen LogP contribution in [0.25, 0.3) is 0 Å². The van der Waals surface area contributed by atoms with Crippen molar-refractivity contribution in [1.29, 1.82) is 0 Å². The predicted octanol–water partition coefficient (Wildman–Crippen LogP) is 5.52. The van der Waals surface area contributed by atoms with E-state index in [4.69, 9.17) is 21.1 Å². The zero-order valence-electron chi connectivity index (χ0n) is 14.8. The molecule has 0 amide bonds. The molecule has 0 spiro atoms. The second-order valence-corrected chi connectivity index (χ2v) is 6.52. The number of benzene rings is 3. The number of carboxylic acids is 1. The maximum atomic E-state index is 11.8. The first-order valence-electron chi connectivity index (χ1n) is 8.49. The summed E-state index contributed by atoms with van der Waals surface area (Å²) in [5, 5.41) is 10.1. The number of para-hydroxylation sites is 2. The topological polar surface area (TPSA) is 55.8 Å². The van der Waals surface area contributed by atoms with Gasteiger partial charge in [-0.15, -0.1) is 0 Å². The lowest BCUT2D eigenvalue weighted by atomic mass is 10.1. The first-order chi connectivity index (χ1) is 13.0. The summed E-state index contributed by atoms with van der Waals surface area (Å²) in [4.78, 5) is 11.8. The third kappa shape index (κ3) is 5.02. The number of ether oxygens (including phenoxy) is 2. The van der Waals surface area contributed by atoms with E-state index in [0.717, 1.165) is 5.56 Å². The summed E-state index contributed by atoms with van der Waals surface area (Å²) < 4.78 is 11.7. The summed E-state index contributed by atoms with van der Waals surface area (Å²) >= 11 is 6.12. The Bertz CT molecular complexity index is 925. The molecule has 0 saturated heterocycles. The molecule has 0 aliphatic carbocycles. The third-order valence-corrected chi connectivity index (χ3v) is 4.27. The van der Waals surface area contributed by atoms with Crippen molar-refractivity contribution in [3.63, 3.8) is 0 Å². The molecule has 0 heterocycles. The van der Waals surface area contributed by atoms with Gasteiger partial charge in [-0.25, -0.2) is 4.79 Å². The standard InChI is InChI=1S/C22H19ClO4/c1-15-7-5-6-10-19(15)27-21(22(24)25)14-16-13-17(23)11-12-20(16)26-18-8-3-2-4-9-18/h2-13,21H,14H2,1H3,(H,24,25)/t21-/m0/s1. The van der Waals surface area contributed by atoms with E-state index in [1.54, 1.807) is 24.3 Å². The highest BCUT2D eigenvalue weighted by atomic mass is 35.5. The van der Waals surface area contributed by atoms with Crippen molar-refractivity contribution in [1.82, 2.24) is 0 Å². The van der Waals surface area contributed by atoms with Crippen LogP contribution in [0.4, 0.5) is 0 Å². The average molecular weight is 383 g/mol. The van der Waals surface area contributed by atoms with Gasteiger partial charge in [0.25, 0.3) is 0 Å². The molecular formula is C22H19ClO4. The van der Waals surface area contributed by atoms with Crippen molar-refractivity contribution >= 4 is 17.6 Å². The number of carbonyl (C=O) groups is 1. The Balaban J connectivity index is 1.86. The fraction of sp³-hybridized carbons (Fsp3) is 0.136. The van der Waals surface area contributed by atoms with Crippen molar-refractivity contribution < 1.29 is 19.4 Å². The molecule has 3 aromatic rings. The summed E-state index contributed by atoms with van der Waals surface area (Å²) in [5.74, 6) is 0.694. The van der Waals surface area contributed by atoms with Gasteiger partial charge in [0.1, 0.15) is 17.2 Å². The highest BCUT2D eigenvalue weighted by molar-refractivity contribution is 6.30. The number of aryl methyl sites for hydroxylation is 1. The summed E-state index contributed by atoms with van der Waals surface area (Å²) in [6.45, 7) is 1.87. The number of aliphatic carboxylic acids is 1. The van der Waals surface area contributed by atoms with Gasteiger partial charge in [0.15, 0.2) is 6.10 Å². The Morgan fingerprint density at radius 3 is 2.41 bits per heavy atom. The molecule has 1 N–H and O–H groups in total. The van der Waals surface area contributed by atoms with Crippen molar-refractivity contribution in [2.24, 2.45) is 0 Å². The predicted molar refractivity (Wildman–Crippen MR) is 105 cm³/mol. The second kappa shape index (κ2) is 8.60. The van der Waals surface area contributed by atoms with E-state index >= 15 is 0 Å². The zero-order valence-corrected chi connectivity index (χ0v) is 15.5. The maximum absolute atomic E-state index is 11.8. The Hall–Kier alpha value is -2.98. The molecule has 0 aromatic heterocycles. The van der Waals surface area contributed by atoms with Crippen LogP contribution in [0.15, 0.2) is 72.8 Å². The van der Waals surface area contributed by atoms with E-state index in [2.05, 4.69) is 0 Å². The van der Waals surface area contributed by atoms with Crippen molar-refractivity contribution in [2.45, 2.75) is 19.4 Å². The second-order valence-electron chi connectivity index (χ2n) is 6.08. The third-order valence-electron chi connectivity index (χ3n) is 4.04. The zero-order chi connectivity index (χ0) is 19.2. The van der Waals surface area contributed by atoms with Gasteiger partial charge >= 0.3 is 5.97 Å². The minimum atomic E-state index is -1.07. The van der Waals surface area contributed by atoms with Gasteiger partial charge in [-0.1, -0.05) is 48.0 Å². The lowest BCUT2D eigenvalue weighted by Crippen LogP contribution is -2.29. The van der Waals surface area contributed by atoms with E-state index in [1.165, 1.54) is 0 Å². The van der Waals surface area contributed by atoms with Crippen LogP contribution in [0.1, 0.15) is 11.1 Å². The number of hydrogen-bond acceptors (Lipinski definition) is 3. The molecule has 0 aliphatic rings. The molecule has 1 atom stereocenters. The molecule has 27 heavy (non-hydrogen) atoms. The summed E-state index contributed by atoms with van der Waals surface area (Å²) in [5.41, 5.74) is 1.53. The monoisotopic (exact) mass is 382 g/mol. The molecule has 5 heteroatoms. The van der Waals surface area contributed by atoms with Gasteiger partial charge in [0, 0.05) is 17.0 Å². The highest BCUT2D eigenvalue weighted by Crippen LogP contribution is 2.30. The molecule has 3 aromatic carbocycles. The first kappa shape index (κ1) is 18.8. The van der Waals surface area contributed by atoms with Crippen molar-refractivity contribution in [3.8, 4) is 17.2 Å². The summed E-state index contributed by atoms with van der Waals surface area (Å²) in [6, 6.07) is 21.8. The van der Waals surface area contributed by atoms with Crippen LogP contribution >= 0.6 is 11.6 Å². The molecule has 3 rings (SSSR count). The van der Waals surface area contributed by atoms with E-state index in [-0.39, 0.29) is 6.42 Å². The molecule has 0 radical (unpaired) electrons. The van der Waals surface area contributed by atoms with Crippen LogP contribution in [0.3, 0.4) is 0 Å². The van der Waals surface area contributed by atoms with Gasteiger partial charge in [0.05, 0.1) is 0 Å². The van der Waals surface area contributed by atoms with Gasteiger partial charge in [-0.3, -0.25) is 0 Å². The number of carboxylic acid groups (broad SMARTS) is 1. The Labute approximate surface area is 162 Å². The maximum Gasteiger partial charge on any atom is 0.345 e. The Morgan fingerprint density at radius 1 is 1.00 bits per heavy atom.